The van der Waals surface area contributed by atoms with Crippen LogP contribution in [0, 0.1) is 12.3 Å². The van der Waals surface area contributed by atoms with Crippen LogP contribution in [0.2, 0.25) is 0 Å². The summed E-state index contributed by atoms with van der Waals surface area (Å²) in [6, 6.07) is 9.46. The van der Waals surface area contributed by atoms with E-state index in [1.165, 1.54) is 30.4 Å². The Morgan fingerprint density at radius 2 is 2.00 bits per heavy atom. The summed E-state index contributed by atoms with van der Waals surface area (Å²) in [7, 11) is 0. The zero-order chi connectivity index (χ0) is 11.6. The molecule has 0 radical (unpaired) electrons. The van der Waals surface area contributed by atoms with Gasteiger partial charge in [0.15, 0.2) is 0 Å². The Kier molecular flexibility index (Phi) is 3.34. The van der Waals surface area contributed by atoms with Crippen molar-refractivity contribution >= 4 is 0 Å². The number of aryl methyl sites for hydroxylation is 1. The molecule has 1 aromatic rings. The number of nitrogens with one attached hydrogen (secondary N) is 1. The SMILES string of the molecule is CCNC(C)C1(Cc2ccccc2C)CC1. The first-order valence-corrected chi connectivity index (χ1v) is 6.46. The fourth-order valence-corrected chi connectivity index (χ4v) is 2.63. The van der Waals surface area contributed by atoms with E-state index < -0.39 is 0 Å². The molecule has 1 saturated carbocycles. The van der Waals surface area contributed by atoms with Gasteiger partial charge in [-0.25, -0.2) is 0 Å². The Bertz CT molecular complexity index is 352. The third-order valence-corrected chi connectivity index (χ3v) is 4.12. The maximum atomic E-state index is 3.59. The summed E-state index contributed by atoms with van der Waals surface area (Å²) < 4.78 is 0. The second-order valence-electron chi connectivity index (χ2n) is 5.24. The molecule has 1 aliphatic carbocycles. The van der Waals surface area contributed by atoms with E-state index in [1.54, 1.807) is 0 Å². The average Bonchev–Trinajstić information content (AvgIpc) is 3.03. The molecule has 0 aliphatic heterocycles. The summed E-state index contributed by atoms with van der Waals surface area (Å²) in [6.07, 6.45) is 4.01. The predicted molar refractivity (Wildman–Crippen MR) is 69.7 cm³/mol. The molecule has 16 heavy (non-hydrogen) atoms. The molecular weight excluding hydrogens is 194 g/mol. The van der Waals surface area contributed by atoms with Gasteiger partial charge >= 0.3 is 0 Å². The zero-order valence-electron chi connectivity index (χ0n) is 10.7. The lowest BCUT2D eigenvalue weighted by Gasteiger charge is -2.25. The van der Waals surface area contributed by atoms with Gasteiger partial charge in [0.2, 0.25) is 0 Å². The van der Waals surface area contributed by atoms with E-state index in [1.807, 2.05) is 0 Å². The van der Waals surface area contributed by atoms with E-state index in [-0.39, 0.29) is 0 Å². The summed E-state index contributed by atoms with van der Waals surface area (Å²) in [6.45, 7) is 7.84. The van der Waals surface area contributed by atoms with Crippen molar-refractivity contribution in [3.63, 3.8) is 0 Å². The van der Waals surface area contributed by atoms with Gasteiger partial charge in [-0.05, 0) is 56.2 Å². The van der Waals surface area contributed by atoms with Gasteiger partial charge in [0.25, 0.3) is 0 Å². The van der Waals surface area contributed by atoms with Crippen molar-refractivity contribution < 1.29 is 0 Å². The zero-order valence-corrected chi connectivity index (χ0v) is 10.7. The van der Waals surface area contributed by atoms with Crippen molar-refractivity contribution in [3.05, 3.63) is 35.4 Å². The van der Waals surface area contributed by atoms with Gasteiger partial charge in [-0.3, -0.25) is 0 Å². The van der Waals surface area contributed by atoms with Crippen LogP contribution in [0.3, 0.4) is 0 Å². The van der Waals surface area contributed by atoms with E-state index >= 15 is 0 Å². The first-order chi connectivity index (χ1) is 7.68. The van der Waals surface area contributed by atoms with Gasteiger partial charge in [0, 0.05) is 6.04 Å². The second kappa shape index (κ2) is 4.58. The van der Waals surface area contributed by atoms with Crippen molar-refractivity contribution in [2.75, 3.05) is 6.54 Å². The van der Waals surface area contributed by atoms with Gasteiger partial charge in [-0.2, -0.15) is 0 Å². The fourth-order valence-electron chi connectivity index (χ4n) is 2.63. The molecule has 2 rings (SSSR count). The van der Waals surface area contributed by atoms with Gasteiger partial charge in [0.05, 0.1) is 0 Å². The first kappa shape index (κ1) is 11.7. The van der Waals surface area contributed by atoms with Crippen molar-refractivity contribution in [3.8, 4) is 0 Å². The lowest BCUT2D eigenvalue weighted by atomic mass is 9.88. The normalized spacial score (nSPS) is 19.4. The van der Waals surface area contributed by atoms with E-state index in [9.17, 15) is 0 Å². The molecule has 1 N–H and O–H groups in total. The van der Waals surface area contributed by atoms with Crippen LogP contribution in [0.25, 0.3) is 0 Å². The highest BCUT2D eigenvalue weighted by molar-refractivity contribution is 5.28. The smallest absolute Gasteiger partial charge is 0.00982 e. The molecule has 0 bridgehead atoms. The first-order valence-electron chi connectivity index (χ1n) is 6.46. The molecule has 0 saturated heterocycles. The molecule has 1 fully saturated rings. The van der Waals surface area contributed by atoms with Crippen LogP contribution in [-0.4, -0.2) is 12.6 Å². The Balaban J connectivity index is 2.07. The molecule has 88 valence electrons. The van der Waals surface area contributed by atoms with Crippen molar-refractivity contribution in [1.82, 2.24) is 5.32 Å². The molecule has 1 nitrogen and oxygen atoms in total. The van der Waals surface area contributed by atoms with E-state index in [0.29, 0.717) is 11.5 Å². The molecule has 1 aliphatic rings. The van der Waals surface area contributed by atoms with E-state index in [2.05, 4.69) is 50.4 Å². The predicted octanol–water partition coefficient (Wildman–Crippen LogP) is 3.32. The minimum absolute atomic E-state index is 0.544. The van der Waals surface area contributed by atoms with Gasteiger partial charge in [-0.1, -0.05) is 31.2 Å². The van der Waals surface area contributed by atoms with Crippen LogP contribution in [0.4, 0.5) is 0 Å². The van der Waals surface area contributed by atoms with Crippen LogP contribution in [0.5, 0.6) is 0 Å². The number of hydrogen-bond donors (Lipinski definition) is 1. The van der Waals surface area contributed by atoms with Gasteiger partial charge in [0.1, 0.15) is 0 Å². The Labute approximate surface area is 99.3 Å². The van der Waals surface area contributed by atoms with Crippen LogP contribution >= 0.6 is 0 Å². The molecule has 1 heteroatoms. The number of rotatable bonds is 5. The highest BCUT2D eigenvalue weighted by Gasteiger charge is 2.46. The Hall–Kier alpha value is -0.820. The highest BCUT2D eigenvalue weighted by Crippen LogP contribution is 2.51. The standard InChI is InChI=1S/C15H23N/c1-4-16-13(3)15(9-10-15)11-14-8-6-5-7-12(14)2/h5-8,13,16H,4,9-11H2,1-3H3. The largest absolute Gasteiger partial charge is 0.314 e. The molecule has 0 spiro atoms. The quantitative estimate of drug-likeness (QED) is 0.798. The molecule has 1 aromatic carbocycles. The Morgan fingerprint density at radius 3 is 2.56 bits per heavy atom. The fraction of sp³-hybridized carbons (Fsp3) is 0.600. The molecule has 0 heterocycles. The van der Waals surface area contributed by atoms with Crippen LogP contribution in [0.15, 0.2) is 24.3 Å². The van der Waals surface area contributed by atoms with Crippen LogP contribution in [0.1, 0.15) is 37.8 Å². The highest BCUT2D eigenvalue weighted by atomic mass is 14.9. The third-order valence-electron chi connectivity index (χ3n) is 4.12. The average molecular weight is 217 g/mol. The third kappa shape index (κ3) is 2.30. The summed E-state index contributed by atoms with van der Waals surface area (Å²) in [5.41, 5.74) is 3.52. The molecule has 0 aromatic heterocycles. The topological polar surface area (TPSA) is 12.0 Å². The van der Waals surface area contributed by atoms with Crippen molar-refractivity contribution in [2.24, 2.45) is 5.41 Å². The summed E-state index contributed by atoms with van der Waals surface area (Å²) in [4.78, 5) is 0. The number of hydrogen-bond acceptors (Lipinski definition) is 1. The summed E-state index contributed by atoms with van der Waals surface area (Å²) in [5.74, 6) is 0. The second-order valence-corrected chi connectivity index (χ2v) is 5.24. The lowest BCUT2D eigenvalue weighted by Crippen LogP contribution is -2.36. The van der Waals surface area contributed by atoms with Gasteiger partial charge < -0.3 is 5.32 Å². The molecular formula is C15H23N. The van der Waals surface area contributed by atoms with Crippen LogP contribution < -0.4 is 5.32 Å². The molecule has 0 amide bonds. The van der Waals surface area contributed by atoms with E-state index in [4.69, 9.17) is 0 Å². The van der Waals surface area contributed by atoms with E-state index in [0.717, 1.165) is 6.54 Å². The molecule has 1 unspecified atom stereocenters. The lowest BCUT2D eigenvalue weighted by molar-refractivity contribution is 0.355. The monoisotopic (exact) mass is 217 g/mol. The minimum atomic E-state index is 0.544. The summed E-state index contributed by atoms with van der Waals surface area (Å²) >= 11 is 0. The van der Waals surface area contributed by atoms with Crippen molar-refractivity contribution in [2.45, 2.75) is 46.1 Å². The molecule has 1 atom stereocenters. The summed E-state index contributed by atoms with van der Waals surface area (Å²) in [5, 5.41) is 3.59. The Morgan fingerprint density at radius 1 is 1.31 bits per heavy atom. The van der Waals surface area contributed by atoms with Crippen LogP contribution in [-0.2, 0) is 6.42 Å². The van der Waals surface area contributed by atoms with Gasteiger partial charge in [-0.15, -0.1) is 0 Å². The van der Waals surface area contributed by atoms with Crippen molar-refractivity contribution in [1.29, 1.82) is 0 Å². The number of benzene rings is 1. The maximum Gasteiger partial charge on any atom is 0.00982 e. The maximum absolute atomic E-state index is 3.59. The minimum Gasteiger partial charge on any atom is -0.314 e.